The third-order valence-corrected chi connectivity index (χ3v) is 5.03. The second kappa shape index (κ2) is 6.05. The molecule has 6 nitrogen and oxygen atoms in total. The van der Waals surface area contributed by atoms with Gasteiger partial charge in [-0.15, -0.1) is 5.10 Å². The van der Waals surface area contributed by atoms with E-state index in [1.807, 2.05) is 43.3 Å². The van der Waals surface area contributed by atoms with Crippen molar-refractivity contribution >= 4 is 16.9 Å². The number of carbonyl (C=O) groups excluding carboxylic acids is 1. The average molecular weight is 349 g/mol. The van der Waals surface area contributed by atoms with Crippen molar-refractivity contribution in [2.75, 3.05) is 7.11 Å². The first-order chi connectivity index (χ1) is 12.5. The van der Waals surface area contributed by atoms with E-state index in [-0.39, 0.29) is 18.1 Å². The van der Waals surface area contributed by atoms with E-state index in [1.165, 1.54) is 17.4 Å². The number of nitrogens with zero attached hydrogens (tertiary/aromatic N) is 3. The van der Waals surface area contributed by atoms with Crippen LogP contribution in [0.25, 0.3) is 22.0 Å². The lowest BCUT2D eigenvalue weighted by molar-refractivity contribution is -0.147. The Bertz CT molecular complexity index is 1050. The summed E-state index contributed by atoms with van der Waals surface area (Å²) in [5.41, 5.74) is 2.84. The van der Waals surface area contributed by atoms with Gasteiger partial charge in [0, 0.05) is 0 Å². The normalized spacial score (nSPS) is 15.0. The summed E-state index contributed by atoms with van der Waals surface area (Å²) in [4.78, 5) is 24.8. The molecule has 0 bridgehead atoms. The number of fused-ring (bicyclic) bond motifs is 1. The molecule has 1 aliphatic rings. The van der Waals surface area contributed by atoms with Crippen LogP contribution in [0.2, 0.25) is 0 Å². The third-order valence-electron chi connectivity index (χ3n) is 5.03. The predicted octanol–water partition coefficient (Wildman–Crippen LogP) is 2.72. The van der Waals surface area contributed by atoms with Crippen molar-refractivity contribution in [2.24, 2.45) is 5.41 Å². The van der Waals surface area contributed by atoms with Gasteiger partial charge in [-0.05, 0) is 43.0 Å². The number of carbonyl (C=O) groups is 1. The molecule has 4 rings (SSSR count). The molecular formula is C20H19N3O3. The zero-order chi connectivity index (χ0) is 18.3. The Kier molecular flexibility index (Phi) is 3.83. The summed E-state index contributed by atoms with van der Waals surface area (Å²) in [7, 11) is 1.37. The quantitative estimate of drug-likeness (QED) is 0.677. The van der Waals surface area contributed by atoms with Crippen LogP contribution in [-0.2, 0) is 16.1 Å². The zero-order valence-electron chi connectivity index (χ0n) is 14.7. The lowest BCUT2D eigenvalue weighted by Crippen LogP contribution is -2.32. The van der Waals surface area contributed by atoms with Crippen molar-refractivity contribution in [1.82, 2.24) is 15.0 Å². The van der Waals surface area contributed by atoms with Gasteiger partial charge in [0.2, 0.25) is 0 Å². The number of benzene rings is 2. The van der Waals surface area contributed by atoms with Crippen LogP contribution < -0.4 is 5.56 Å². The molecule has 2 aromatic carbocycles. The van der Waals surface area contributed by atoms with Crippen LogP contribution in [0, 0.1) is 12.3 Å². The highest BCUT2D eigenvalue weighted by Crippen LogP contribution is 2.47. The van der Waals surface area contributed by atoms with Gasteiger partial charge in [-0.1, -0.05) is 41.1 Å². The van der Waals surface area contributed by atoms with Crippen LogP contribution in [0.3, 0.4) is 0 Å². The highest BCUT2D eigenvalue weighted by Gasteiger charge is 2.52. The first-order valence-corrected chi connectivity index (χ1v) is 8.55. The molecule has 0 spiro atoms. The van der Waals surface area contributed by atoms with E-state index < -0.39 is 5.41 Å². The highest BCUT2D eigenvalue weighted by atomic mass is 16.5. The molecule has 132 valence electrons. The van der Waals surface area contributed by atoms with Crippen molar-refractivity contribution in [3.8, 4) is 11.1 Å². The van der Waals surface area contributed by atoms with E-state index in [9.17, 15) is 9.59 Å². The number of methoxy groups -OCH3 is 1. The van der Waals surface area contributed by atoms with Gasteiger partial charge in [0.25, 0.3) is 5.56 Å². The molecule has 0 unspecified atom stereocenters. The van der Waals surface area contributed by atoms with Crippen molar-refractivity contribution < 1.29 is 9.53 Å². The highest BCUT2D eigenvalue weighted by molar-refractivity contribution is 5.83. The minimum Gasteiger partial charge on any atom is -0.469 e. The molecule has 0 saturated heterocycles. The molecule has 1 saturated carbocycles. The molecule has 1 fully saturated rings. The van der Waals surface area contributed by atoms with E-state index in [2.05, 4.69) is 10.3 Å². The largest absolute Gasteiger partial charge is 0.469 e. The van der Waals surface area contributed by atoms with Gasteiger partial charge in [-0.25, -0.2) is 4.68 Å². The Morgan fingerprint density at radius 1 is 1.15 bits per heavy atom. The van der Waals surface area contributed by atoms with Crippen LogP contribution in [0.4, 0.5) is 0 Å². The fraction of sp³-hybridized carbons (Fsp3) is 0.300. The van der Waals surface area contributed by atoms with Crippen molar-refractivity contribution in [3.05, 3.63) is 58.4 Å². The van der Waals surface area contributed by atoms with Gasteiger partial charge in [0.1, 0.15) is 5.52 Å². The molecule has 6 heteroatoms. The second-order valence-electron chi connectivity index (χ2n) is 6.92. The molecule has 1 aromatic heterocycles. The third kappa shape index (κ3) is 2.77. The van der Waals surface area contributed by atoms with Gasteiger partial charge >= 0.3 is 5.97 Å². The van der Waals surface area contributed by atoms with Gasteiger partial charge in [0.05, 0.1) is 24.5 Å². The van der Waals surface area contributed by atoms with Crippen LogP contribution in [0.1, 0.15) is 18.4 Å². The Labute approximate surface area is 150 Å². The van der Waals surface area contributed by atoms with Crippen molar-refractivity contribution in [2.45, 2.75) is 26.3 Å². The number of aryl methyl sites for hydroxylation is 1. The molecular weight excluding hydrogens is 330 g/mol. The lowest BCUT2D eigenvalue weighted by atomic mass is 10.0. The summed E-state index contributed by atoms with van der Waals surface area (Å²) < 4.78 is 6.14. The van der Waals surface area contributed by atoms with Gasteiger partial charge < -0.3 is 4.74 Å². The predicted molar refractivity (Wildman–Crippen MR) is 97.7 cm³/mol. The van der Waals surface area contributed by atoms with Crippen molar-refractivity contribution in [3.63, 3.8) is 0 Å². The summed E-state index contributed by atoms with van der Waals surface area (Å²) in [5.74, 6) is -0.292. The molecule has 3 aromatic rings. The molecule has 0 radical (unpaired) electrons. The van der Waals surface area contributed by atoms with Crippen LogP contribution in [0.15, 0.2) is 47.3 Å². The number of hydrogen-bond donors (Lipinski definition) is 0. The second-order valence-corrected chi connectivity index (χ2v) is 6.92. The smallest absolute Gasteiger partial charge is 0.313 e. The summed E-state index contributed by atoms with van der Waals surface area (Å²) in [6, 6.07) is 13.7. The molecule has 0 amide bonds. The summed E-state index contributed by atoms with van der Waals surface area (Å²) in [5, 5.41) is 8.66. The molecule has 1 aliphatic carbocycles. The molecule has 0 N–H and O–H groups in total. The maximum Gasteiger partial charge on any atom is 0.313 e. The Hall–Kier alpha value is -3.02. The first-order valence-electron chi connectivity index (χ1n) is 8.55. The number of rotatable bonds is 4. The molecule has 0 aliphatic heterocycles. The maximum atomic E-state index is 12.9. The van der Waals surface area contributed by atoms with E-state index in [0.717, 1.165) is 11.1 Å². The SMILES string of the molecule is COC(=O)C1(Cn2nnc3ccc(-c4ccc(C)cc4)cc3c2=O)CC1. The number of esters is 1. The van der Waals surface area contributed by atoms with Gasteiger partial charge in [0.15, 0.2) is 0 Å². The zero-order valence-corrected chi connectivity index (χ0v) is 14.7. The monoisotopic (exact) mass is 349 g/mol. The van der Waals surface area contributed by atoms with E-state index in [4.69, 9.17) is 4.74 Å². The fourth-order valence-corrected chi connectivity index (χ4v) is 3.19. The van der Waals surface area contributed by atoms with E-state index in [0.29, 0.717) is 23.7 Å². The summed E-state index contributed by atoms with van der Waals surface area (Å²) in [6.07, 6.45) is 1.41. The minimum absolute atomic E-state index is 0.205. The van der Waals surface area contributed by atoms with Crippen LogP contribution in [0.5, 0.6) is 0 Å². The fourth-order valence-electron chi connectivity index (χ4n) is 3.19. The molecule has 1 heterocycles. The average Bonchev–Trinajstić information content (AvgIpc) is 3.45. The first kappa shape index (κ1) is 16.4. The number of hydrogen-bond acceptors (Lipinski definition) is 5. The Morgan fingerprint density at radius 2 is 1.85 bits per heavy atom. The minimum atomic E-state index is -0.629. The topological polar surface area (TPSA) is 74.1 Å². The van der Waals surface area contributed by atoms with Crippen LogP contribution in [-0.4, -0.2) is 28.1 Å². The molecule has 0 atom stereocenters. The Morgan fingerprint density at radius 3 is 2.50 bits per heavy atom. The van der Waals surface area contributed by atoms with Gasteiger partial charge in [-0.2, -0.15) is 0 Å². The van der Waals surface area contributed by atoms with Crippen LogP contribution >= 0.6 is 0 Å². The summed E-state index contributed by atoms with van der Waals surface area (Å²) >= 11 is 0. The lowest BCUT2D eigenvalue weighted by Gasteiger charge is -2.13. The number of ether oxygens (including phenoxy) is 1. The maximum absolute atomic E-state index is 12.9. The van der Waals surface area contributed by atoms with E-state index in [1.54, 1.807) is 6.07 Å². The number of aromatic nitrogens is 3. The Balaban J connectivity index is 1.75. The van der Waals surface area contributed by atoms with Crippen molar-refractivity contribution in [1.29, 1.82) is 0 Å². The standard InChI is InChI=1S/C20H19N3O3/c1-13-3-5-14(6-4-13)15-7-8-17-16(11-15)18(24)23(22-21-17)12-20(9-10-20)19(25)26-2/h3-8,11H,9-10,12H2,1-2H3. The van der Waals surface area contributed by atoms with Gasteiger partial charge in [-0.3, -0.25) is 9.59 Å². The summed E-state index contributed by atoms with van der Waals surface area (Å²) in [6.45, 7) is 2.24. The van der Waals surface area contributed by atoms with E-state index >= 15 is 0 Å². The molecule has 26 heavy (non-hydrogen) atoms.